The van der Waals surface area contributed by atoms with E-state index in [4.69, 9.17) is 0 Å². The average molecular weight is 369 g/mol. The molecule has 1 aliphatic heterocycles. The molecule has 7 heteroatoms. The highest BCUT2D eigenvalue weighted by Crippen LogP contribution is 2.45. The van der Waals surface area contributed by atoms with Crippen LogP contribution in [0.3, 0.4) is 0 Å². The molecule has 1 saturated heterocycles. The topological polar surface area (TPSA) is 36.4 Å². The van der Waals surface area contributed by atoms with E-state index in [0.717, 1.165) is 31.7 Å². The molecule has 1 aliphatic carbocycles. The quantitative estimate of drug-likeness (QED) is 0.809. The minimum atomic E-state index is -4.44. The van der Waals surface area contributed by atoms with E-state index in [2.05, 4.69) is 18.8 Å². The second kappa shape index (κ2) is 7.08. The number of anilines is 1. The first-order chi connectivity index (χ1) is 12.2. The normalized spacial score (nSPS) is 27.0. The fourth-order valence-electron chi connectivity index (χ4n) is 4.29. The summed E-state index contributed by atoms with van der Waals surface area (Å²) in [6.45, 7) is 6.37. The van der Waals surface area contributed by atoms with Gasteiger partial charge in [0.1, 0.15) is 11.5 Å². The highest BCUT2D eigenvalue weighted by Gasteiger charge is 2.45. The van der Waals surface area contributed by atoms with Gasteiger partial charge in [0.15, 0.2) is 0 Å². The maximum atomic E-state index is 13.1. The zero-order valence-corrected chi connectivity index (χ0v) is 15.4. The van der Waals surface area contributed by atoms with Gasteiger partial charge in [-0.15, -0.1) is 0 Å². The van der Waals surface area contributed by atoms with Gasteiger partial charge in [-0.3, -0.25) is 4.79 Å². The van der Waals surface area contributed by atoms with E-state index >= 15 is 0 Å². The van der Waals surface area contributed by atoms with Crippen molar-refractivity contribution in [2.75, 3.05) is 31.1 Å². The summed E-state index contributed by atoms with van der Waals surface area (Å²) in [4.78, 5) is 20.5. The summed E-state index contributed by atoms with van der Waals surface area (Å²) < 4.78 is 38.6. The SMILES string of the molecule is CC[C@]1(C(=O)N2CCN(c3cccc(C(F)(F)F)n3)CC2)CCC(C)C1. The minimum absolute atomic E-state index is 0.223. The van der Waals surface area contributed by atoms with Crippen molar-refractivity contribution in [3.63, 3.8) is 0 Å². The zero-order valence-electron chi connectivity index (χ0n) is 15.4. The Morgan fingerprint density at radius 2 is 1.96 bits per heavy atom. The Morgan fingerprint density at radius 3 is 2.50 bits per heavy atom. The van der Waals surface area contributed by atoms with Gasteiger partial charge in [-0.05, 0) is 43.7 Å². The van der Waals surface area contributed by atoms with Crippen molar-refractivity contribution < 1.29 is 18.0 Å². The number of hydrogen-bond donors (Lipinski definition) is 0. The molecular formula is C19H26F3N3O. The number of carbonyl (C=O) groups is 1. The lowest BCUT2D eigenvalue weighted by molar-refractivity contribution is -0.142. The maximum Gasteiger partial charge on any atom is 0.433 e. The molecular weight excluding hydrogens is 343 g/mol. The van der Waals surface area contributed by atoms with E-state index in [9.17, 15) is 18.0 Å². The lowest BCUT2D eigenvalue weighted by Gasteiger charge is -2.40. The van der Waals surface area contributed by atoms with Crippen LogP contribution in [0.2, 0.25) is 0 Å². The first kappa shape index (κ1) is 19.0. The van der Waals surface area contributed by atoms with Crippen LogP contribution in [0.1, 0.15) is 45.2 Å². The highest BCUT2D eigenvalue weighted by molar-refractivity contribution is 5.83. The molecule has 2 atom stereocenters. The molecule has 144 valence electrons. The van der Waals surface area contributed by atoms with Crippen LogP contribution in [-0.2, 0) is 11.0 Å². The fraction of sp³-hybridized carbons (Fsp3) is 0.684. The smallest absolute Gasteiger partial charge is 0.353 e. The van der Waals surface area contributed by atoms with Crippen molar-refractivity contribution in [2.24, 2.45) is 11.3 Å². The third-order valence-electron chi connectivity index (χ3n) is 5.90. The van der Waals surface area contributed by atoms with Crippen LogP contribution < -0.4 is 4.90 Å². The lowest BCUT2D eigenvalue weighted by atomic mass is 9.81. The predicted molar refractivity (Wildman–Crippen MR) is 93.8 cm³/mol. The first-order valence-electron chi connectivity index (χ1n) is 9.34. The first-order valence-corrected chi connectivity index (χ1v) is 9.34. The van der Waals surface area contributed by atoms with Gasteiger partial charge in [0.2, 0.25) is 5.91 Å². The number of amides is 1. The Kier molecular flexibility index (Phi) is 5.17. The Morgan fingerprint density at radius 1 is 1.27 bits per heavy atom. The third kappa shape index (κ3) is 3.67. The summed E-state index contributed by atoms with van der Waals surface area (Å²) in [6.07, 6.45) is -0.615. The van der Waals surface area contributed by atoms with E-state index in [-0.39, 0.29) is 11.3 Å². The number of hydrogen-bond acceptors (Lipinski definition) is 3. The molecule has 0 bridgehead atoms. The number of nitrogens with zero attached hydrogens (tertiary/aromatic N) is 3. The number of rotatable bonds is 3. The van der Waals surface area contributed by atoms with Crippen molar-refractivity contribution in [1.29, 1.82) is 0 Å². The second-order valence-corrected chi connectivity index (χ2v) is 7.64. The van der Waals surface area contributed by atoms with Crippen LogP contribution in [-0.4, -0.2) is 42.0 Å². The van der Waals surface area contributed by atoms with Crippen molar-refractivity contribution in [3.05, 3.63) is 23.9 Å². The Hall–Kier alpha value is -1.79. The number of piperazine rings is 1. The number of carbonyl (C=O) groups excluding carboxylic acids is 1. The van der Waals surface area contributed by atoms with Crippen LogP contribution in [0.15, 0.2) is 18.2 Å². The molecule has 1 unspecified atom stereocenters. The fourth-order valence-corrected chi connectivity index (χ4v) is 4.29. The predicted octanol–water partition coefficient (Wildman–Crippen LogP) is 3.97. The standard InChI is InChI=1S/C19H26F3N3O/c1-3-18(8-7-14(2)13-18)17(26)25-11-9-24(10-12-25)16-6-4-5-15(23-16)19(20,21)22/h4-6,14H,3,7-13H2,1-2H3/t14?,18-/m0/s1. The van der Waals surface area contributed by atoms with E-state index < -0.39 is 11.9 Å². The van der Waals surface area contributed by atoms with E-state index in [1.54, 1.807) is 6.07 Å². The van der Waals surface area contributed by atoms with Crippen LogP contribution in [0, 0.1) is 11.3 Å². The van der Waals surface area contributed by atoms with Gasteiger partial charge in [0.05, 0.1) is 0 Å². The van der Waals surface area contributed by atoms with Gasteiger partial charge in [0, 0.05) is 31.6 Å². The van der Waals surface area contributed by atoms with Crippen molar-refractivity contribution in [1.82, 2.24) is 9.88 Å². The molecule has 1 aromatic heterocycles. The van der Waals surface area contributed by atoms with Crippen molar-refractivity contribution in [2.45, 2.75) is 45.7 Å². The molecule has 0 spiro atoms. The molecule has 1 saturated carbocycles. The molecule has 26 heavy (non-hydrogen) atoms. The number of alkyl halides is 3. The number of halogens is 3. The molecule has 0 aromatic carbocycles. The largest absolute Gasteiger partial charge is 0.433 e. The summed E-state index contributed by atoms with van der Waals surface area (Å²) in [6, 6.07) is 3.96. The lowest BCUT2D eigenvalue weighted by Crippen LogP contribution is -2.53. The molecule has 2 heterocycles. The van der Waals surface area contributed by atoms with Gasteiger partial charge >= 0.3 is 6.18 Å². The minimum Gasteiger partial charge on any atom is -0.353 e. The summed E-state index contributed by atoms with van der Waals surface area (Å²) >= 11 is 0. The van der Waals surface area contributed by atoms with E-state index in [1.165, 1.54) is 6.07 Å². The second-order valence-electron chi connectivity index (χ2n) is 7.64. The average Bonchev–Trinajstić information content (AvgIpc) is 3.03. The molecule has 1 amide bonds. The Labute approximate surface area is 152 Å². The highest BCUT2D eigenvalue weighted by atomic mass is 19.4. The Balaban J connectivity index is 1.65. The van der Waals surface area contributed by atoms with E-state index in [0.29, 0.717) is 37.9 Å². The molecule has 3 rings (SSSR count). The number of pyridine rings is 1. The third-order valence-corrected chi connectivity index (χ3v) is 5.90. The monoisotopic (exact) mass is 369 g/mol. The summed E-state index contributed by atoms with van der Waals surface area (Å²) in [7, 11) is 0. The van der Waals surface area contributed by atoms with Gasteiger partial charge in [-0.25, -0.2) is 4.98 Å². The molecule has 0 N–H and O–H groups in total. The van der Waals surface area contributed by atoms with Gasteiger partial charge in [-0.1, -0.05) is 19.9 Å². The molecule has 2 fully saturated rings. The van der Waals surface area contributed by atoms with Crippen molar-refractivity contribution in [3.8, 4) is 0 Å². The van der Waals surface area contributed by atoms with Crippen molar-refractivity contribution >= 4 is 11.7 Å². The van der Waals surface area contributed by atoms with Crippen LogP contribution in [0.5, 0.6) is 0 Å². The summed E-state index contributed by atoms with van der Waals surface area (Å²) in [5.41, 5.74) is -1.12. The van der Waals surface area contributed by atoms with Crippen LogP contribution in [0.25, 0.3) is 0 Å². The summed E-state index contributed by atoms with van der Waals surface area (Å²) in [5.74, 6) is 1.13. The van der Waals surface area contributed by atoms with Gasteiger partial charge < -0.3 is 9.80 Å². The Bertz CT molecular complexity index is 656. The molecule has 2 aliphatic rings. The van der Waals surface area contributed by atoms with Gasteiger partial charge in [-0.2, -0.15) is 13.2 Å². The molecule has 4 nitrogen and oxygen atoms in total. The van der Waals surface area contributed by atoms with E-state index in [1.807, 2.05) is 9.80 Å². The summed E-state index contributed by atoms with van der Waals surface area (Å²) in [5, 5.41) is 0. The zero-order chi connectivity index (χ0) is 18.9. The maximum absolute atomic E-state index is 13.1. The number of aromatic nitrogens is 1. The van der Waals surface area contributed by atoms with Gasteiger partial charge in [0.25, 0.3) is 0 Å². The molecule has 1 aromatic rings. The van der Waals surface area contributed by atoms with Crippen LogP contribution in [0.4, 0.5) is 19.0 Å². The molecule has 0 radical (unpaired) electrons. The van der Waals surface area contributed by atoms with Crippen LogP contribution >= 0.6 is 0 Å².